The van der Waals surface area contributed by atoms with Gasteiger partial charge in [0.15, 0.2) is 5.78 Å². The van der Waals surface area contributed by atoms with E-state index in [2.05, 4.69) is 27.7 Å². The molecule has 3 nitrogen and oxygen atoms in total. The molecule has 2 rings (SSSR count). The lowest BCUT2D eigenvalue weighted by molar-refractivity contribution is 0.0732. The first-order valence-corrected chi connectivity index (χ1v) is 13.2. The number of rotatable bonds is 14. The first kappa shape index (κ1) is 27.8. The van der Waals surface area contributed by atoms with Crippen LogP contribution in [0, 0.1) is 0 Å². The molecule has 0 aliphatic heterocycles. The molecule has 0 spiro atoms. The van der Waals surface area contributed by atoms with Crippen molar-refractivity contribution in [2.24, 2.45) is 0 Å². The lowest BCUT2D eigenvalue weighted by Gasteiger charge is -2.19. The summed E-state index contributed by atoms with van der Waals surface area (Å²) >= 11 is 0. The topological polar surface area (TPSA) is 43.4 Å². The summed E-state index contributed by atoms with van der Waals surface area (Å²) in [5.41, 5.74) is 3.26. The summed E-state index contributed by atoms with van der Waals surface area (Å²) in [5, 5.41) is 0. The van der Waals surface area contributed by atoms with Gasteiger partial charge in [-0.15, -0.1) is 0 Å². The molecule has 34 heavy (non-hydrogen) atoms. The van der Waals surface area contributed by atoms with Gasteiger partial charge in [-0.25, -0.2) is 4.79 Å². The van der Waals surface area contributed by atoms with Crippen LogP contribution < -0.4 is 4.74 Å². The summed E-state index contributed by atoms with van der Waals surface area (Å²) in [6.07, 6.45) is 14.0. The first-order chi connectivity index (χ1) is 16.2. The maximum Gasteiger partial charge on any atom is 0.343 e. The Morgan fingerprint density at radius 1 is 0.765 bits per heavy atom. The largest absolute Gasteiger partial charge is 0.422 e. The van der Waals surface area contributed by atoms with Gasteiger partial charge in [0, 0.05) is 0 Å². The Bertz CT molecular complexity index is 903. The maximum atomic E-state index is 12.7. The van der Waals surface area contributed by atoms with Crippen LogP contribution in [-0.4, -0.2) is 11.8 Å². The van der Waals surface area contributed by atoms with Gasteiger partial charge in [0.05, 0.1) is 11.1 Å². The second kappa shape index (κ2) is 14.1. The minimum atomic E-state index is -0.439. The Balaban J connectivity index is 1.85. The average molecular weight is 465 g/mol. The summed E-state index contributed by atoms with van der Waals surface area (Å²) in [6, 6.07) is 13.1. The summed E-state index contributed by atoms with van der Waals surface area (Å²) in [6.45, 7) is 10.2. The van der Waals surface area contributed by atoms with Crippen molar-refractivity contribution < 1.29 is 14.3 Å². The highest BCUT2D eigenvalue weighted by molar-refractivity contribution is 5.99. The molecular weight excluding hydrogens is 420 g/mol. The molecule has 0 atom stereocenters. The fourth-order valence-corrected chi connectivity index (χ4v) is 4.18. The monoisotopic (exact) mass is 464 g/mol. The number of ether oxygens (including phenoxy) is 1. The van der Waals surface area contributed by atoms with Gasteiger partial charge in [-0.1, -0.05) is 104 Å². The molecule has 0 N–H and O–H groups in total. The van der Waals surface area contributed by atoms with Gasteiger partial charge in [0.25, 0.3) is 0 Å². The van der Waals surface area contributed by atoms with E-state index in [0.29, 0.717) is 16.9 Å². The summed E-state index contributed by atoms with van der Waals surface area (Å²) < 4.78 is 5.62. The number of hydrogen-bond acceptors (Lipinski definition) is 3. The third-order valence-electron chi connectivity index (χ3n) is 6.43. The van der Waals surface area contributed by atoms with Crippen molar-refractivity contribution >= 4 is 11.8 Å². The summed E-state index contributed by atoms with van der Waals surface area (Å²) in [7, 11) is 0. The fourth-order valence-electron chi connectivity index (χ4n) is 4.18. The van der Waals surface area contributed by atoms with E-state index in [1.54, 1.807) is 18.2 Å². The van der Waals surface area contributed by atoms with Gasteiger partial charge in [0.2, 0.25) is 0 Å². The molecule has 0 radical (unpaired) electrons. The van der Waals surface area contributed by atoms with Crippen LogP contribution in [0.15, 0.2) is 42.5 Å². The highest BCUT2D eigenvalue weighted by atomic mass is 16.5. The molecule has 2 aromatic carbocycles. The van der Waals surface area contributed by atoms with Crippen LogP contribution >= 0.6 is 0 Å². The zero-order valence-corrected chi connectivity index (χ0v) is 22.0. The first-order valence-electron chi connectivity index (χ1n) is 13.2. The van der Waals surface area contributed by atoms with E-state index in [4.69, 9.17) is 4.74 Å². The highest BCUT2D eigenvalue weighted by Gasteiger charge is 2.17. The van der Waals surface area contributed by atoms with Gasteiger partial charge in [0.1, 0.15) is 5.75 Å². The summed E-state index contributed by atoms with van der Waals surface area (Å²) in [5.74, 6) is -0.189. The minimum Gasteiger partial charge on any atom is -0.422 e. The van der Waals surface area contributed by atoms with Crippen molar-refractivity contribution in [3.05, 3.63) is 64.7 Å². The molecule has 0 unspecified atom stereocenters. The molecule has 3 heteroatoms. The van der Waals surface area contributed by atoms with Crippen LogP contribution in [0.4, 0.5) is 0 Å². The average Bonchev–Trinajstić information content (AvgIpc) is 2.80. The summed E-state index contributed by atoms with van der Waals surface area (Å²) in [4.78, 5) is 24.9. The number of carbonyl (C=O) groups excluding carboxylic acids is 2. The number of unbranched alkanes of at least 4 members (excludes halogenated alkanes) is 9. The number of hydrogen-bond donors (Lipinski definition) is 0. The van der Waals surface area contributed by atoms with E-state index in [9.17, 15) is 9.59 Å². The van der Waals surface area contributed by atoms with Gasteiger partial charge in [-0.3, -0.25) is 4.79 Å². The molecule has 0 saturated heterocycles. The Morgan fingerprint density at radius 3 is 1.85 bits per heavy atom. The molecule has 0 aliphatic rings. The number of esters is 1. The van der Waals surface area contributed by atoms with Crippen molar-refractivity contribution in [3.63, 3.8) is 0 Å². The Labute approximate surface area is 207 Å². The van der Waals surface area contributed by atoms with E-state index in [1.165, 1.54) is 64.7 Å². The molecule has 186 valence electrons. The van der Waals surface area contributed by atoms with E-state index < -0.39 is 5.97 Å². The molecule has 0 saturated carbocycles. The number of benzene rings is 2. The molecule has 0 aliphatic carbocycles. The SMILES string of the molecule is CCCCCCCCCCCCc1ccc(OC(=O)c2ccc(C(C)(C)C)cc2)c(C(C)=O)c1. The zero-order chi connectivity index (χ0) is 25.0. The Kier molecular flexibility index (Phi) is 11.5. The van der Waals surface area contributed by atoms with Crippen LogP contribution in [0.2, 0.25) is 0 Å². The van der Waals surface area contributed by atoms with Crippen molar-refractivity contribution in [1.29, 1.82) is 0 Å². The normalized spacial score (nSPS) is 11.4. The van der Waals surface area contributed by atoms with Gasteiger partial charge < -0.3 is 4.74 Å². The van der Waals surface area contributed by atoms with Crippen LogP contribution in [0.5, 0.6) is 5.75 Å². The van der Waals surface area contributed by atoms with E-state index >= 15 is 0 Å². The lowest BCUT2D eigenvalue weighted by atomic mass is 9.87. The molecular formula is C31H44O3. The van der Waals surface area contributed by atoms with Crippen LogP contribution in [0.3, 0.4) is 0 Å². The predicted molar refractivity (Wildman–Crippen MR) is 142 cm³/mol. The molecule has 0 bridgehead atoms. The highest BCUT2D eigenvalue weighted by Crippen LogP contribution is 2.25. The molecule has 0 heterocycles. The Morgan fingerprint density at radius 2 is 1.32 bits per heavy atom. The molecule has 0 amide bonds. The maximum absolute atomic E-state index is 12.7. The Hall–Kier alpha value is -2.42. The quantitative estimate of drug-likeness (QED) is 0.121. The van der Waals surface area contributed by atoms with Crippen molar-refractivity contribution in [3.8, 4) is 5.75 Å². The lowest BCUT2D eigenvalue weighted by Crippen LogP contribution is -2.14. The number of carbonyl (C=O) groups is 2. The van der Waals surface area contributed by atoms with Gasteiger partial charge in [-0.2, -0.15) is 0 Å². The number of aryl methyl sites for hydroxylation is 1. The predicted octanol–water partition coefficient (Wildman–Crippen LogP) is 8.87. The van der Waals surface area contributed by atoms with Gasteiger partial charge in [-0.05, 0) is 60.6 Å². The smallest absolute Gasteiger partial charge is 0.343 e. The second-order valence-corrected chi connectivity index (χ2v) is 10.5. The second-order valence-electron chi connectivity index (χ2n) is 10.5. The van der Waals surface area contributed by atoms with E-state index in [-0.39, 0.29) is 11.2 Å². The standard InChI is InChI=1S/C31H44O3/c1-6-7-8-9-10-11-12-13-14-15-16-25-17-22-29(28(23-25)24(2)32)34-30(33)26-18-20-27(21-19-26)31(3,4)5/h17-23H,6-16H2,1-5H3. The number of ketones is 1. The third-order valence-corrected chi connectivity index (χ3v) is 6.43. The molecule has 0 aromatic heterocycles. The zero-order valence-electron chi connectivity index (χ0n) is 22.0. The van der Waals surface area contributed by atoms with Crippen LogP contribution in [0.1, 0.15) is 131 Å². The van der Waals surface area contributed by atoms with E-state index in [0.717, 1.165) is 24.0 Å². The van der Waals surface area contributed by atoms with Gasteiger partial charge >= 0.3 is 5.97 Å². The van der Waals surface area contributed by atoms with Crippen molar-refractivity contribution in [2.45, 2.75) is 111 Å². The fraction of sp³-hybridized carbons (Fsp3) is 0.548. The molecule has 0 fully saturated rings. The molecule has 2 aromatic rings. The van der Waals surface area contributed by atoms with Crippen molar-refractivity contribution in [1.82, 2.24) is 0 Å². The number of Topliss-reactive ketones (excluding diaryl/α,β-unsaturated/α-hetero) is 1. The van der Waals surface area contributed by atoms with Crippen molar-refractivity contribution in [2.75, 3.05) is 0 Å². The van der Waals surface area contributed by atoms with Crippen LogP contribution in [-0.2, 0) is 11.8 Å². The van der Waals surface area contributed by atoms with E-state index in [1.807, 2.05) is 24.3 Å². The minimum absolute atomic E-state index is 0.0221. The van der Waals surface area contributed by atoms with Crippen LogP contribution in [0.25, 0.3) is 0 Å². The third kappa shape index (κ3) is 9.44.